The number of rotatable bonds is 3. The Labute approximate surface area is 100 Å². The molecule has 1 amide bonds. The second-order valence-electron chi connectivity index (χ2n) is 2.96. The molecule has 1 aromatic rings. The van der Waals surface area contributed by atoms with Gasteiger partial charge in [-0.15, -0.1) is 0 Å². The molecule has 0 aromatic heterocycles. The van der Waals surface area contributed by atoms with Gasteiger partial charge < -0.3 is 5.11 Å². The molecular formula is C8H6N2O7S. The lowest BCUT2D eigenvalue weighted by Gasteiger charge is -2.04. The molecule has 1 aromatic carbocycles. The summed E-state index contributed by atoms with van der Waals surface area (Å²) in [7, 11) is -4.60. The number of carboxylic acid groups (broad SMARTS) is 1. The Bertz CT molecular complexity index is 622. The van der Waals surface area contributed by atoms with Crippen LogP contribution in [0.5, 0.6) is 0 Å². The Kier molecular flexibility index (Phi) is 3.61. The first kappa shape index (κ1) is 13.6. The van der Waals surface area contributed by atoms with Crippen molar-refractivity contribution >= 4 is 27.6 Å². The van der Waals surface area contributed by atoms with Gasteiger partial charge in [-0.2, -0.15) is 0 Å². The number of nitro groups is 1. The van der Waals surface area contributed by atoms with Gasteiger partial charge >= 0.3 is 11.9 Å². The highest BCUT2D eigenvalue weighted by Crippen LogP contribution is 2.22. The van der Waals surface area contributed by atoms with Gasteiger partial charge in [0, 0.05) is 6.07 Å². The maximum absolute atomic E-state index is 11.6. The normalized spacial score (nSPS) is 10.7. The molecule has 0 spiro atoms. The van der Waals surface area contributed by atoms with Crippen molar-refractivity contribution in [2.24, 2.45) is 0 Å². The van der Waals surface area contributed by atoms with Crippen molar-refractivity contribution in [1.29, 1.82) is 0 Å². The van der Waals surface area contributed by atoms with E-state index in [-0.39, 0.29) is 0 Å². The fourth-order valence-electron chi connectivity index (χ4n) is 1.06. The summed E-state index contributed by atoms with van der Waals surface area (Å²) in [5.41, 5.74) is -0.761. The van der Waals surface area contributed by atoms with E-state index in [1.807, 2.05) is 0 Å². The van der Waals surface area contributed by atoms with Gasteiger partial charge in [-0.05, 0) is 6.07 Å². The largest absolute Gasteiger partial charge is 0.474 e. The van der Waals surface area contributed by atoms with E-state index in [0.29, 0.717) is 0 Å². The van der Waals surface area contributed by atoms with Crippen LogP contribution < -0.4 is 4.72 Å². The van der Waals surface area contributed by atoms with Crippen LogP contribution in [0.2, 0.25) is 0 Å². The van der Waals surface area contributed by atoms with Crippen molar-refractivity contribution in [2.75, 3.05) is 0 Å². The fourth-order valence-corrected chi connectivity index (χ4v) is 2.17. The van der Waals surface area contributed by atoms with Crippen LogP contribution >= 0.6 is 0 Å². The van der Waals surface area contributed by atoms with Crippen LogP contribution in [-0.4, -0.2) is 30.3 Å². The highest BCUT2D eigenvalue weighted by molar-refractivity contribution is 7.90. The van der Waals surface area contributed by atoms with E-state index >= 15 is 0 Å². The van der Waals surface area contributed by atoms with E-state index in [1.54, 1.807) is 0 Å². The van der Waals surface area contributed by atoms with Crippen LogP contribution in [0.4, 0.5) is 5.69 Å². The van der Waals surface area contributed by atoms with E-state index in [1.165, 1.54) is 16.9 Å². The van der Waals surface area contributed by atoms with E-state index in [4.69, 9.17) is 5.11 Å². The van der Waals surface area contributed by atoms with Crippen LogP contribution in [0.1, 0.15) is 0 Å². The highest BCUT2D eigenvalue weighted by atomic mass is 32.2. The Hall–Kier alpha value is -2.49. The molecule has 0 saturated heterocycles. The first-order valence-corrected chi connectivity index (χ1v) is 5.77. The molecule has 9 nitrogen and oxygen atoms in total. The zero-order chi connectivity index (χ0) is 13.9. The fraction of sp³-hybridized carbons (Fsp3) is 0. The Balaban J connectivity index is 3.25. The molecule has 0 aliphatic carbocycles. The Morgan fingerprint density at radius 1 is 1.28 bits per heavy atom. The second-order valence-corrected chi connectivity index (χ2v) is 4.62. The summed E-state index contributed by atoms with van der Waals surface area (Å²) in [5.74, 6) is -3.81. The zero-order valence-corrected chi connectivity index (χ0v) is 9.38. The maximum atomic E-state index is 11.6. The summed E-state index contributed by atoms with van der Waals surface area (Å²) in [4.78, 5) is 29.8. The topological polar surface area (TPSA) is 144 Å². The van der Waals surface area contributed by atoms with Gasteiger partial charge in [0.25, 0.3) is 15.7 Å². The first-order valence-electron chi connectivity index (χ1n) is 4.29. The number of amides is 1. The summed E-state index contributed by atoms with van der Waals surface area (Å²) in [6.07, 6.45) is 0. The van der Waals surface area contributed by atoms with Crippen LogP contribution in [0, 0.1) is 10.1 Å². The minimum atomic E-state index is -4.60. The molecule has 10 heteroatoms. The molecule has 2 N–H and O–H groups in total. The van der Waals surface area contributed by atoms with Gasteiger partial charge in [-0.25, -0.2) is 17.9 Å². The van der Waals surface area contributed by atoms with Gasteiger partial charge in [-0.1, -0.05) is 12.1 Å². The summed E-state index contributed by atoms with van der Waals surface area (Å²) in [6, 6.07) is 4.23. The smallest absolute Gasteiger partial charge is 0.395 e. The minimum absolute atomic E-state index is 0.761. The molecule has 0 aliphatic heterocycles. The number of carboxylic acids is 1. The van der Waals surface area contributed by atoms with E-state index in [2.05, 4.69) is 0 Å². The lowest BCUT2D eigenvalue weighted by Crippen LogP contribution is -2.36. The number of carbonyl (C=O) groups is 2. The van der Waals surface area contributed by atoms with Crippen molar-refractivity contribution < 1.29 is 28.0 Å². The molecule has 0 heterocycles. The lowest BCUT2D eigenvalue weighted by atomic mass is 10.3. The van der Waals surface area contributed by atoms with Crippen LogP contribution in [0.25, 0.3) is 0 Å². The molecule has 0 atom stereocenters. The predicted molar refractivity (Wildman–Crippen MR) is 56.1 cm³/mol. The van der Waals surface area contributed by atoms with Gasteiger partial charge in [0.2, 0.25) is 0 Å². The van der Waals surface area contributed by atoms with Crippen LogP contribution in [0.3, 0.4) is 0 Å². The average molecular weight is 274 g/mol. The molecule has 1 rings (SSSR count). The third-order valence-electron chi connectivity index (χ3n) is 1.77. The monoisotopic (exact) mass is 274 g/mol. The molecular weight excluding hydrogens is 268 g/mol. The molecule has 0 radical (unpaired) electrons. The zero-order valence-electron chi connectivity index (χ0n) is 8.56. The van der Waals surface area contributed by atoms with Gasteiger partial charge in [0.15, 0.2) is 4.90 Å². The van der Waals surface area contributed by atoms with Crippen molar-refractivity contribution in [3.05, 3.63) is 34.4 Å². The first-order chi connectivity index (χ1) is 8.25. The Morgan fingerprint density at radius 2 is 1.83 bits per heavy atom. The number of nitro benzene ring substituents is 1. The third-order valence-corrected chi connectivity index (χ3v) is 3.15. The number of nitrogens with zero attached hydrogens (tertiary/aromatic N) is 1. The lowest BCUT2D eigenvalue weighted by molar-refractivity contribution is -0.387. The van der Waals surface area contributed by atoms with Crippen LogP contribution in [-0.2, 0) is 19.6 Å². The SMILES string of the molecule is O=C(O)C(=O)NS(=O)(=O)c1ccccc1[N+](=O)[O-]. The predicted octanol–water partition coefficient (Wildman–Crippen LogP) is -0.516. The quantitative estimate of drug-likeness (QED) is 0.428. The highest BCUT2D eigenvalue weighted by Gasteiger charge is 2.28. The van der Waals surface area contributed by atoms with Crippen molar-refractivity contribution in [1.82, 2.24) is 4.72 Å². The third kappa shape index (κ3) is 2.79. The molecule has 0 saturated carbocycles. The molecule has 0 fully saturated rings. The number of para-hydroxylation sites is 1. The number of carbonyl (C=O) groups excluding carboxylic acids is 1. The van der Waals surface area contributed by atoms with Crippen molar-refractivity contribution in [3.8, 4) is 0 Å². The molecule has 0 unspecified atom stereocenters. The standard InChI is InChI=1S/C8H6N2O7S/c11-7(8(12)13)9-18(16,17)6-4-2-1-3-5(6)10(14)15/h1-4H,(H,9,11)(H,12,13). The van der Waals surface area contributed by atoms with E-state index < -0.39 is 37.4 Å². The van der Waals surface area contributed by atoms with Gasteiger partial charge in [0.1, 0.15) is 0 Å². The molecule has 96 valence electrons. The van der Waals surface area contributed by atoms with E-state index in [0.717, 1.165) is 12.1 Å². The number of nitrogens with one attached hydrogen (secondary N) is 1. The van der Waals surface area contributed by atoms with Crippen molar-refractivity contribution in [2.45, 2.75) is 4.90 Å². The summed E-state index contributed by atoms with van der Waals surface area (Å²) in [5, 5.41) is 18.9. The minimum Gasteiger partial charge on any atom is -0.474 e. The second kappa shape index (κ2) is 4.79. The number of benzene rings is 1. The summed E-state index contributed by atoms with van der Waals surface area (Å²) < 4.78 is 24.3. The van der Waals surface area contributed by atoms with Crippen LogP contribution in [0.15, 0.2) is 29.2 Å². The van der Waals surface area contributed by atoms with Gasteiger partial charge in [0.05, 0.1) is 4.92 Å². The van der Waals surface area contributed by atoms with Gasteiger partial charge in [-0.3, -0.25) is 14.9 Å². The maximum Gasteiger partial charge on any atom is 0.395 e. The number of hydrogen-bond donors (Lipinski definition) is 2. The molecule has 18 heavy (non-hydrogen) atoms. The average Bonchev–Trinajstić information content (AvgIpc) is 2.28. The summed E-state index contributed by atoms with van der Waals surface area (Å²) >= 11 is 0. The van der Waals surface area contributed by atoms with Crippen molar-refractivity contribution in [3.63, 3.8) is 0 Å². The molecule has 0 bridgehead atoms. The number of hydrogen-bond acceptors (Lipinski definition) is 6. The summed E-state index contributed by atoms with van der Waals surface area (Å²) in [6.45, 7) is 0. The number of sulfonamides is 1. The number of aliphatic carboxylic acids is 1. The molecule has 0 aliphatic rings. The Morgan fingerprint density at radius 3 is 2.33 bits per heavy atom. The van der Waals surface area contributed by atoms with E-state index in [9.17, 15) is 28.1 Å².